The van der Waals surface area contributed by atoms with E-state index in [1.807, 2.05) is 4.90 Å². The van der Waals surface area contributed by atoms with E-state index in [9.17, 15) is 18.0 Å². The molecule has 3 aliphatic heterocycles. The third kappa shape index (κ3) is 4.98. The standard InChI is InChI=1S/C18H24N4O6S/c23-17(20-18(24)19-13-1-2-15-16(9-13)28-12-27-15)10-21-4-6-22(7-5-21)14-3-8-29(25,26)11-14/h1-2,9,14H,3-8,10-12H2,(H2,19,20,23,24)/t14-/m0/s1. The molecule has 10 nitrogen and oxygen atoms in total. The zero-order valence-electron chi connectivity index (χ0n) is 15.9. The Morgan fingerprint density at radius 1 is 1.10 bits per heavy atom. The van der Waals surface area contributed by atoms with Crippen LogP contribution in [0.3, 0.4) is 0 Å². The van der Waals surface area contributed by atoms with Crippen molar-refractivity contribution in [3.8, 4) is 11.5 Å². The van der Waals surface area contributed by atoms with Crippen LogP contribution in [0.2, 0.25) is 0 Å². The second-order valence-corrected chi connectivity index (χ2v) is 9.67. The predicted molar refractivity (Wildman–Crippen MR) is 105 cm³/mol. The Morgan fingerprint density at radius 3 is 2.59 bits per heavy atom. The number of sulfone groups is 1. The number of imide groups is 1. The van der Waals surface area contributed by atoms with Crippen molar-refractivity contribution in [2.45, 2.75) is 12.5 Å². The lowest BCUT2D eigenvalue weighted by Crippen LogP contribution is -2.53. The van der Waals surface area contributed by atoms with Crippen LogP contribution in [0.5, 0.6) is 11.5 Å². The molecule has 11 heteroatoms. The van der Waals surface area contributed by atoms with Crippen molar-refractivity contribution < 1.29 is 27.5 Å². The molecule has 0 spiro atoms. The van der Waals surface area contributed by atoms with Crippen LogP contribution in [0.4, 0.5) is 10.5 Å². The monoisotopic (exact) mass is 424 g/mol. The van der Waals surface area contributed by atoms with Crippen LogP contribution in [0.1, 0.15) is 6.42 Å². The van der Waals surface area contributed by atoms with E-state index in [4.69, 9.17) is 9.47 Å². The first-order valence-electron chi connectivity index (χ1n) is 9.55. The second kappa shape index (κ2) is 8.17. The van der Waals surface area contributed by atoms with Gasteiger partial charge in [-0.1, -0.05) is 0 Å². The summed E-state index contributed by atoms with van der Waals surface area (Å²) in [7, 11) is -2.90. The molecule has 1 atom stereocenters. The molecule has 2 N–H and O–H groups in total. The molecular weight excluding hydrogens is 400 g/mol. The van der Waals surface area contributed by atoms with E-state index in [1.165, 1.54) is 0 Å². The van der Waals surface area contributed by atoms with Gasteiger partial charge in [-0.3, -0.25) is 19.9 Å². The van der Waals surface area contributed by atoms with Crippen LogP contribution >= 0.6 is 0 Å². The molecule has 0 aromatic heterocycles. The van der Waals surface area contributed by atoms with Gasteiger partial charge in [0.25, 0.3) is 0 Å². The van der Waals surface area contributed by atoms with E-state index in [0.717, 1.165) is 13.1 Å². The van der Waals surface area contributed by atoms with E-state index in [1.54, 1.807) is 18.2 Å². The number of anilines is 1. The Hall–Kier alpha value is -2.37. The highest BCUT2D eigenvalue weighted by Crippen LogP contribution is 2.34. The van der Waals surface area contributed by atoms with Gasteiger partial charge in [-0.25, -0.2) is 13.2 Å². The van der Waals surface area contributed by atoms with Gasteiger partial charge in [0.15, 0.2) is 21.3 Å². The Kier molecular flexibility index (Phi) is 5.61. The zero-order valence-corrected chi connectivity index (χ0v) is 16.7. The summed E-state index contributed by atoms with van der Waals surface area (Å²) in [6, 6.07) is 4.47. The third-order valence-corrected chi connectivity index (χ3v) is 7.13. The molecule has 2 saturated heterocycles. The molecule has 1 aromatic rings. The Labute approximate surface area is 169 Å². The van der Waals surface area contributed by atoms with Gasteiger partial charge >= 0.3 is 6.03 Å². The van der Waals surface area contributed by atoms with Crippen LogP contribution in [0.15, 0.2) is 18.2 Å². The largest absolute Gasteiger partial charge is 0.454 e. The topological polar surface area (TPSA) is 117 Å². The van der Waals surface area contributed by atoms with Gasteiger partial charge in [-0.15, -0.1) is 0 Å². The third-order valence-electron chi connectivity index (χ3n) is 5.38. The molecule has 0 unspecified atom stereocenters. The number of hydrogen-bond donors (Lipinski definition) is 2. The molecule has 0 radical (unpaired) electrons. The number of carbonyl (C=O) groups is 2. The highest BCUT2D eigenvalue weighted by Gasteiger charge is 2.33. The Bertz CT molecular complexity index is 898. The summed E-state index contributed by atoms with van der Waals surface area (Å²) >= 11 is 0. The fourth-order valence-corrected chi connectivity index (χ4v) is 5.62. The maximum atomic E-state index is 12.2. The predicted octanol–water partition coefficient (Wildman–Crippen LogP) is -0.132. The average molecular weight is 424 g/mol. The van der Waals surface area contributed by atoms with Crippen LogP contribution in [0, 0.1) is 0 Å². The molecule has 0 saturated carbocycles. The number of ether oxygens (including phenoxy) is 2. The summed E-state index contributed by atoms with van der Waals surface area (Å²) in [4.78, 5) is 28.4. The molecule has 29 heavy (non-hydrogen) atoms. The molecule has 0 bridgehead atoms. The lowest BCUT2D eigenvalue weighted by atomic mass is 10.2. The number of nitrogens with zero attached hydrogens (tertiary/aromatic N) is 2. The molecule has 158 valence electrons. The number of urea groups is 1. The number of benzene rings is 1. The summed E-state index contributed by atoms with van der Waals surface area (Å²) in [6.07, 6.45) is 0.683. The SMILES string of the molecule is O=C(CN1CCN([C@H]2CCS(=O)(=O)C2)CC1)NC(=O)Nc1ccc2c(c1)OCO2. The molecule has 1 aromatic carbocycles. The van der Waals surface area contributed by atoms with E-state index >= 15 is 0 Å². The minimum atomic E-state index is -2.90. The Morgan fingerprint density at radius 2 is 1.86 bits per heavy atom. The van der Waals surface area contributed by atoms with Crippen LogP contribution < -0.4 is 20.1 Å². The number of carbonyl (C=O) groups excluding carboxylic acids is 2. The smallest absolute Gasteiger partial charge is 0.325 e. The first-order valence-corrected chi connectivity index (χ1v) is 11.4. The number of fused-ring (bicyclic) bond motifs is 1. The molecule has 3 heterocycles. The van der Waals surface area contributed by atoms with Gasteiger partial charge in [0.2, 0.25) is 12.7 Å². The van der Waals surface area contributed by atoms with Crippen molar-refractivity contribution in [3.63, 3.8) is 0 Å². The zero-order chi connectivity index (χ0) is 20.4. The minimum Gasteiger partial charge on any atom is -0.454 e. The van der Waals surface area contributed by atoms with Gasteiger partial charge in [0.05, 0.1) is 18.1 Å². The number of amides is 3. The first-order chi connectivity index (χ1) is 13.9. The van der Waals surface area contributed by atoms with Crippen molar-refractivity contribution in [1.29, 1.82) is 0 Å². The van der Waals surface area contributed by atoms with E-state index < -0.39 is 15.9 Å². The summed E-state index contributed by atoms with van der Waals surface area (Å²) in [6.45, 7) is 3.02. The van der Waals surface area contributed by atoms with Crippen molar-refractivity contribution >= 4 is 27.5 Å². The summed E-state index contributed by atoms with van der Waals surface area (Å²) in [5.41, 5.74) is 0.500. The maximum Gasteiger partial charge on any atom is 0.325 e. The first kappa shape index (κ1) is 19.9. The summed E-state index contributed by atoms with van der Waals surface area (Å²) in [5.74, 6) is 1.26. The summed E-state index contributed by atoms with van der Waals surface area (Å²) < 4.78 is 33.8. The van der Waals surface area contributed by atoms with Crippen molar-refractivity contribution in [2.24, 2.45) is 0 Å². The molecule has 2 fully saturated rings. The van der Waals surface area contributed by atoms with Crippen molar-refractivity contribution in [1.82, 2.24) is 15.1 Å². The van der Waals surface area contributed by atoms with E-state index in [-0.39, 0.29) is 36.8 Å². The average Bonchev–Trinajstić information content (AvgIpc) is 3.27. The van der Waals surface area contributed by atoms with Gasteiger partial charge in [-0.2, -0.15) is 0 Å². The lowest BCUT2D eigenvalue weighted by molar-refractivity contribution is -0.121. The van der Waals surface area contributed by atoms with Crippen molar-refractivity contribution in [3.05, 3.63) is 18.2 Å². The van der Waals surface area contributed by atoms with Crippen LogP contribution in [0.25, 0.3) is 0 Å². The number of piperazine rings is 1. The molecular formula is C18H24N4O6S. The highest BCUT2D eigenvalue weighted by atomic mass is 32.2. The fourth-order valence-electron chi connectivity index (χ4n) is 3.86. The normalized spacial score (nSPS) is 23.7. The quantitative estimate of drug-likeness (QED) is 0.686. The fraction of sp³-hybridized carbons (Fsp3) is 0.556. The Balaban J connectivity index is 1.20. The number of hydrogen-bond acceptors (Lipinski definition) is 8. The molecule has 3 aliphatic rings. The van der Waals surface area contributed by atoms with Gasteiger partial charge in [0, 0.05) is 44.0 Å². The van der Waals surface area contributed by atoms with Gasteiger partial charge in [-0.05, 0) is 18.6 Å². The van der Waals surface area contributed by atoms with Gasteiger partial charge in [0.1, 0.15) is 0 Å². The number of rotatable bonds is 4. The van der Waals surface area contributed by atoms with Gasteiger partial charge < -0.3 is 14.8 Å². The minimum absolute atomic E-state index is 0.0865. The second-order valence-electron chi connectivity index (χ2n) is 7.44. The molecule has 4 rings (SSSR count). The van der Waals surface area contributed by atoms with Crippen LogP contribution in [-0.4, -0.2) is 87.2 Å². The van der Waals surface area contributed by atoms with E-state index in [2.05, 4.69) is 15.5 Å². The van der Waals surface area contributed by atoms with Crippen LogP contribution in [-0.2, 0) is 14.6 Å². The molecule has 0 aliphatic carbocycles. The lowest BCUT2D eigenvalue weighted by Gasteiger charge is -2.37. The highest BCUT2D eigenvalue weighted by molar-refractivity contribution is 7.91. The number of nitrogens with one attached hydrogen (secondary N) is 2. The molecule has 3 amide bonds. The van der Waals surface area contributed by atoms with Crippen molar-refractivity contribution in [2.75, 3.05) is 56.3 Å². The summed E-state index contributed by atoms with van der Waals surface area (Å²) in [5, 5.41) is 4.93. The maximum absolute atomic E-state index is 12.2. The van der Waals surface area contributed by atoms with E-state index in [0.29, 0.717) is 36.7 Å².